The molecule has 10 heteroatoms. The van der Waals surface area contributed by atoms with E-state index in [9.17, 15) is 20.4 Å². The number of hydrogen-bond donors (Lipinski definition) is 5. The molecule has 0 amide bonds. The van der Waals surface area contributed by atoms with Crippen molar-refractivity contribution in [1.82, 2.24) is 19.5 Å². The maximum absolute atomic E-state index is 10.4. The minimum Gasteiger partial charge on any atom is -0.394 e. The van der Waals surface area contributed by atoms with Gasteiger partial charge in [-0.05, 0) is 12.3 Å². The molecule has 0 bridgehead atoms. The van der Waals surface area contributed by atoms with Crippen LogP contribution >= 0.6 is 0 Å². The molecule has 1 aliphatic heterocycles. The summed E-state index contributed by atoms with van der Waals surface area (Å²) in [7, 11) is 0. The lowest BCUT2D eigenvalue weighted by Crippen LogP contribution is -2.33. The second-order valence-corrected chi connectivity index (χ2v) is 6.78. The normalized spacial score (nSPS) is 28.5. The summed E-state index contributed by atoms with van der Waals surface area (Å²) in [5.74, 6) is 0.568. The Morgan fingerprint density at radius 1 is 1.31 bits per heavy atom. The van der Waals surface area contributed by atoms with Crippen LogP contribution in [0.2, 0.25) is 0 Å². The topological polar surface area (TPSA) is 160 Å². The number of aliphatic hydroxyl groups excluding tert-OH is 4. The van der Waals surface area contributed by atoms with Gasteiger partial charge in [-0.1, -0.05) is 20.3 Å². The van der Waals surface area contributed by atoms with E-state index in [1.165, 1.54) is 10.9 Å². The second-order valence-electron chi connectivity index (χ2n) is 6.78. The Labute approximate surface area is 150 Å². The monoisotopic (exact) mass is 367 g/mol. The molecule has 144 valence electrons. The lowest BCUT2D eigenvalue weighted by atomic mass is 10.0. The first-order valence-electron chi connectivity index (χ1n) is 8.67. The fourth-order valence-corrected chi connectivity index (χ4v) is 3.05. The van der Waals surface area contributed by atoms with E-state index >= 15 is 0 Å². The molecule has 1 saturated heterocycles. The van der Waals surface area contributed by atoms with Gasteiger partial charge in [-0.15, -0.1) is 0 Å². The number of nitrogen functional groups attached to an aromatic ring is 1. The van der Waals surface area contributed by atoms with E-state index < -0.39 is 37.3 Å². The van der Waals surface area contributed by atoms with E-state index in [0.717, 1.165) is 6.42 Å². The molecule has 6 N–H and O–H groups in total. The van der Waals surface area contributed by atoms with E-state index in [0.29, 0.717) is 11.9 Å². The highest BCUT2D eigenvalue weighted by atomic mass is 16.6. The molecule has 10 nitrogen and oxygen atoms in total. The number of rotatable bonds is 6. The molecule has 0 spiro atoms. The Morgan fingerprint density at radius 3 is 2.65 bits per heavy atom. The van der Waals surface area contributed by atoms with Crippen molar-refractivity contribution in [3.8, 4) is 0 Å². The van der Waals surface area contributed by atoms with Crippen molar-refractivity contribution in [1.29, 1.82) is 0 Å². The molecule has 2 unspecified atom stereocenters. The molecule has 0 radical (unpaired) electrons. The number of imidazole rings is 1. The summed E-state index contributed by atoms with van der Waals surface area (Å²) >= 11 is 0. The molecule has 0 aromatic carbocycles. The highest BCUT2D eigenvalue weighted by molar-refractivity contribution is 5.81. The van der Waals surface area contributed by atoms with Gasteiger partial charge in [0.1, 0.15) is 29.9 Å². The molecule has 1 aliphatic rings. The third-order valence-corrected chi connectivity index (χ3v) is 4.88. The fraction of sp³-hybridized carbons (Fsp3) is 0.688. The van der Waals surface area contributed by atoms with Gasteiger partial charge in [-0.25, -0.2) is 15.0 Å². The smallest absolute Gasteiger partial charge is 0.168 e. The molecule has 0 aliphatic carbocycles. The standard InChI is InChI=1S/C16H25N5O5/c1-3-7(2)4-8(23)14-19-13(17)10-15(20-14)21(6-18-10)16-12(25)11(24)9(5-22)26-16/h6-9,11-12,16,22-25H,3-5H2,1-2H3,(H2,17,19,20)/t7?,8?,9-,11-,12-,16-/m1/s1. The molecule has 1 fully saturated rings. The van der Waals surface area contributed by atoms with Crippen LogP contribution in [0.3, 0.4) is 0 Å². The van der Waals surface area contributed by atoms with Gasteiger partial charge in [0.2, 0.25) is 0 Å². The number of fused-ring (bicyclic) bond motifs is 1. The summed E-state index contributed by atoms with van der Waals surface area (Å²) in [6.45, 7) is 3.62. The zero-order chi connectivity index (χ0) is 19.0. The molecular weight excluding hydrogens is 342 g/mol. The van der Waals surface area contributed by atoms with E-state index in [1.54, 1.807) is 0 Å². The van der Waals surface area contributed by atoms with Crippen molar-refractivity contribution in [3.63, 3.8) is 0 Å². The van der Waals surface area contributed by atoms with Gasteiger partial charge in [-0.3, -0.25) is 4.57 Å². The minimum absolute atomic E-state index is 0.110. The highest BCUT2D eigenvalue weighted by Crippen LogP contribution is 2.32. The van der Waals surface area contributed by atoms with Crippen molar-refractivity contribution in [2.45, 2.75) is 57.3 Å². The maximum Gasteiger partial charge on any atom is 0.168 e. The summed E-state index contributed by atoms with van der Waals surface area (Å²) in [5.41, 5.74) is 6.55. The third kappa shape index (κ3) is 3.26. The van der Waals surface area contributed by atoms with Gasteiger partial charge in [0.25, 0.3) is 0 Å². The Bertz CT molecular complexity index is 769. The number of aliphatic hydroxyl groups is 4. The van der Waals surface area contributed by atoms with Crippen LogP contribution in [0.25, 0.3) is 11.2 Å². The Balaban J connectivity index is 1.98. The zero-order valence-corrected chi connectivity index (χ0v) is 14.7. The van der Waals surface area contributed by atoms with Gasteiger partial charge in [0.15, 0.2) is 23.5 Å². The molecule has 3 rings (SSSR count). The quantitative estimate of drug-likeness (QED) is 0.453. The molecule has 2 aromatic rings. The predicted molar refractivity (Wildman–Crippen MR) is 91.8 cm³/mol. The third-order valence-electron chi connectivity index (χ3n) is 4.88. The van der Waals surface area contributed by atoms with Gasteiger partial charge < -0.3 is 30.9 Å². The first kappa shape index (κ1) is 18.9. The van der Waals surface area contributed by atoms with Crippen LogP contribution in [-0.4, -0.2) is 64.9 Å². The van der Waals surface area contributed by atoms with Gasteiger partial charge in [-0.2, -0.15) is 0 Å². The van der Waals surface area contributed by atoms with Crippen molar-refractivity contribution in [3.05, 3.63) is 12.2 Å². The van der Waals surface area contributed by atoms with E-state index in [-0.39, 0.29) is 23.2 Å². The summed E-state index contributed by atoms with van der Waals surface area (Å²) in [6.07, 6.45) is -2.51. The molecule has 26 heavy (non-hydrogen) atoms. The number of anilines is 1. The SMILES string of the molecule is CCC(C)CC(O)c1nc(N)c2ncn([C@@H]3O[C@H](CO)[C@@H](O)[C@H]3O)c2n1. The molecule has 0 saturated carbocycles. The molecule has 3 heterocycles. The van der Waals surface area contributed by atoms with Crippen molar-refractivity contribution >= 4 is 17.0 Å². The molecule has 2 aromatic heterocycles. The van der Waals surface area contributed by atoms with Crippen molar-refractivity contribution in [2.24, 2.45) is 5.92 Å². The average molecular weight is 367 g/mol. The van der Waals surface area contributed by atoms with Crippen LogP contribution in [0.15, 0.2) is 6.33 Å². The van der Waals surface area contributed by atoms with Gasteiger partial charge in [0.05, 0.1) is 12.9 Å². The van der Waals surface area contributed by atoms with E-state index in [1.807, 2.05) is 13.8 Å². The van der Waals surface area contributed by atoms with Gasteiger partial charge >= 0.3 is 0 Å². The van der Waals surface area contributed by atoms with Crippen LogP contribution < -0.4 is 5.73 Å². The van der Waals surface area contributed by atoms with Crippen molar-refractivity contribution < 1.29 is 25.2 Å². The van der Waals surface area contributed by atoms with Crippen LogP contribution in [0.5, 0.6) is 0 Å². The van der Waals surface area contributed by atoms with Crippen LogP contribution in [-0.2, 0) is 4.74 Å². The Kier molecular flexibility index (Phi) is 5.39. The van der Waals surface area contributed by atoms with E-state index in [2.05, 4.69) is 15.0 Å². The predicted octanol–water partition coefficient (Wildman–Crippen LogP) is -0.510. The first-order chi connectivity index (χ1) is 12.4. The zero-order valence-electron chi connectivity index (χ0n) is 14.7. The minimum atomic E-state index is -1.27. The van der Waals surface area contributed by atoms with Gasteiger partial charge in [0, 0.05) is 0 Å². The number of aromatic nitrogens is 4. The highest BCUT2D eigenvalue weighted by Gasteiger charge is 2.44. The molecular formula is C16H25N5O5. The maximum atomic E-state index is 10.4. The number of nitrogens with two attached hydrogens (primary N) is 1. The lowest BCUT2D eigenvalue weighted by molar-refractivity contribution is -0.0511. The Hall–Kier alpha value is -1.85. The summed E-state index contributed by atoms with van der Waals surface area (Å²) < 4.78 is 6.95. The summed E-state index contributed by atoms with van der Waals surface area (Å²) in [4.78, 5) is 12.7. The van der Waals surface area contributed by atoms with Crippen LogP contribution in [0.1, 0.15) is 44.8 Å². The molecule has 6 atom stereocenters. The Morgan fingerprint density at radius 2 is 2.04 bits per heavy atom. The summed E-state index contributed by atoms with van der Waals surface area (Å²) in [5, 5.41) is 39.8. The number of nitrogens with zero attached hydrogens (tertiary/aromatic N) is 4. The van der Waals surface area contributed by atoms with Crippen molar-refractivity contribution in [2.75, 3.05) is 12.3 Å². The number of ether oxygens (including phenoxy) is 1. The summed E-state index contributed by atoms with van der Waals surface area (Å²) in [6, 6.07) is 0. The largest absolute Gasteiger partial charge is 0.394 e. The second kappa shape index (κ2) is 7.41. The first-order valence-corrected chi connectivity index (χ1v) is 8.67. The van der Waals surface area contributed by atoms with E-state index in [4.69, 9.17) is 10.5 Å². The van der Waals surface area contributed by atoms with Crippen LogP contribution in [0.4, 0.5) is 5.82 Å². The fourth-order valence-electron chi connectivity index (χ4n) is 3.05. The lowest BCUT2D eigenvalue weighted by Gasteiger charge is -2.18. The van der Waals surface area contributed by atoms with Crippen LogP contribution in [0, 0.1) is 5.92 Å². The number of hydrogen-bond acceptors (Lipinski definition) is 9. The average Bonchev–Trinajstić information content (AvgIpc) is 3.17.